The molecule has 0 aromatic heterocycles. The zero-order chi connectivity index (χ0) is 11.8. The number of hydrogen-bond donors (Lipinski definition) is 1. The van der Waals surface area contributed by atoms with Gasteiger partial charge in [0.1, 0.15) is 6.04 Å². The van der Waals surface area contributed by atoms with E-state index in [0.717, 1.165) is 38.9 Å². The second-order valence-corrected chi connectivity index (χ2v) is 5.80. The van der Waals surface area contributed by atoms with Crippen molar-refractivity contribution >= 4 is 5.97 Å². The van der Waals surface area contributed by atoms with Crippen molar-refractivity contribution in [3.63, 3.8) is 0 Å². The highest BCUT2D eigenvalue weighted by atomic mass is 16.4. The van der Waals surface area contributed by atoms with Crippen LogP contribution in [0, 0.1) is 5.92 Å². The lowest BCUT2D eigenvalue weighted by atomic mass is 10.1. The Bertz CT molecular complexity index is 304. The van der Waals surface area contributed by atoms with Crippen molar-refractivity contribution in [2.75, 3.05) is 26.2 Å². The van der Waals surface area contributed by atoms with Gasteiger partial charge in [0.15, 0.2) is 0 Å². The third-order valence-electron chi connectivity index (χ3n) is 4.55. The molecule has 1 aliphatic carbocycles. The van der Waals surface area contributed by atoms with E-state index in [9.17, 15) is 9.90 Å². The summed E-state index contributed by atoms with van der Waals surface area (Å²) < 4.78 is 0. The van der Waals surface area contributed by atoms with Gasteiger partial charge < -0.3 is 5.11 Å². The molecule has 3 rings (SSSR count). The molecule has 96 valence electrons. The highest BCUT2D eigenvalue weighted by molar-refractivity contribution is 5.74. The highest BCUT2D eigenvalue weighted by Crippen LogP contribution is 2.36. The SMILES string of the molecule is O=C(O)C(C1CC1)N1CCCN2CCCC2C1. The summed E-state index contributed by atoms with van der Waals surface area (Å²) in [5.74, 6) is -0.167. The molecule has 2 unspecified atom stereocenters. The molecule has 0 amide bonds. The van der Waals surface area contributed by atoms with Gasteiger partial charge in [-0.2, -0.15) is 0 Å². The lowest BCUT2D eigenvalue weighted by molar-refractivity contribution is -0.144. The smallest absolute Gasteiger partial charge is 0.321 e. The first-order valence-corrected chi connectivity index (χ1v) is 6.96. The van der Waals surface area contributed by atoms with Gasteiger partial charge in [-0.3, -0.25) is 14.6 Å². The van der Waals surface area contributed by atoms with Crippen LogP contribution >= 0.6 is 0 Å². The topological polar surface area (TPSA) is 43.8 Å². The summed E-state index contributed by atoms with van der Waals surface area (Å²) in [6.45, 7) is 4.34. The van der Waals surface area contributed by atoms with Gasteiger partial charge in [-0.05, 0) is 51.1 Å². The summed E-state index contributed by atoms with van der Waals surface area (Å²) >= 11 is 0. The molecule has 1 N–H and O–H groups in total. The van der Waals surface area contributed by atoms with Crippen molar-refractivity contribution in [1.29, 1.82) is 0 Å². The quantitative estimate of drug-likeness (QED) is 0.797. The second kappa shape index (κ2) is 4.58. The van der Waals surface area contributed by atoms with Gasteiger partial charge in [0, 0.05) is 19.1 Å². The van der Waals surface area contributed by atoms with Crippen molar-refractivity contribution in [2.45, 2.75) is 44.2 Å². The van der Waals surface area contributed by atoms with Crippen LogP contribution in [-0.4, -0.2) is 59.1 Å². The third-order valence-corrected chi connectivity index (χ3v) is 4.55. The van der Waals surface area contributed by atoms with Crippen LogP contribution in [0.2, 0.25) is 0 Å². The van der Waals surface area contributed by atoms with Crippen molar-refractivity contribution in [1.82, 2.24) is 9.80 Å². The molecule has 0 radical (unpaired) electrons. The van der Waals surface area contributed by atoms with E-state index < -0.39 is 5.97 Å². The number of nitrogens with zero attached hydrogens (tertiary/aromatic N) is 2. The molecular weight excluding hydrogens is 216 g/mol. The van der Waals surface area contributed by atoms with Crippen LogP contribution < -0.4 is 0 Å². The number of aliphatic carboxylic acids is 1. The predicted octanol–water partition coefficient (Wildman–Crippen LogP) is 1.02. The Kier molecular flexibility index (Phi) is 3.09. The summed E-state index contributed by atoms with van der Waals surface area (Å²) in [4.78, 5) is 16.3. The summed E-state index contributed by atoms with van der Waals surface area (Å²) in [6, 6.07) is 0.425. The number of carboxylic acid groups (broad SMARTS) is 1. The molecule has 2 aliphatic heterocycles. The molecule has 2 atom stereocenters. The van der Waals surface area contributed by atoms with E-state index in [1.165, 1.54) is 19.4 Å². The van der Waals surface area contributed by atoms with Gasteiger partial charge in [-0.15, -0.1) is 0 Å². The number of carboxylic acids is 1. The summed E-state index contributed by atoms with van der Waals surface area (Å²) in [5, 5.41) is 9.41. The van der Waals surface area contributed by atoms with Crippen molar-refractivity contribution in [3.05, 3.63) is 0 Å². The van der Waals surface area contributed by atoms with Gasteiger partial charge >= 0.3 is 5.97 Å². The largest absolute Gasteiger partial charge is 0.480 e. The van der Waals surface area contributed by atoms with Crippen LogP contribution in [0.25, 0.3) is 0 Å². The maximum absolute atomic E-state index is 11.4. The van der Waals surface area contributed by atoms with Crippen LogP contribution in [0.1, 0.15) is 32.1 Å². The Morgan fingerprint density at radius 3 is 2.59 bits per heavy atom. The average molecular weight is 238 g/mol. The predicted molar refractivity (Wildman–Crippen MR) is 64.9 cm³/mol. The normalized spacial score (nSPS) is 33.1. The van der Waals surface area contributed by atoms with Gasteiger partial charge in [0.2, 0.25) is 0 Å². The van der Waals surface area contributed by atoms with E-state index in [1.807, 2.05) is 0 Å². The van der Waals surface area contributed by atoms with E-state index >= 15 is 0 Å². The Morgan fingerprint density at radius 2 is 1.88 bits per heavy atom. The van der Waals surface area contributed by atoms with Crippen molar-refractivity contribution < 1.29 is 9.90 Å². The molecule has 2 saturated heterocycles. The molecule has 0 bridgehead atoms. The molecule has 3 aliphatic rings. The maximum atomic E-state index is 11.4. The minimum Gasteiger partial charge on any atom is -0.480 e. The van der Waals surface area contributed by atoms with Crippen LogP contribution in [-0.2, 0) is 4.79 Å². The summed E-state index contributed by atoms with van der Waals surface area (Å²) in [7, 11) is 0. The average Bonchev–Trinajstić information content (AvgIpc) is 3.04. The summed E-state index contributed by atoms with van der Waals surface area (Å²) in [5.41, 5.74) is 0. The van der Waals surface area contributed by atoms with E-state index in [-0.39, 0.29) is 6.04 Å². The molecule has 17 heavy (non-hydrogen) atoms. The Hall–Kier alpha value is -0.610. The minimum absolute atomic E-state index is 0.199. The highest BCUT2D eigenvalue weighted by Gasteiger charge is 2.42. The second-order valence-electron chi connectivity index (χ2n) is 5.80. The van der Waals surface area contributed by atoms with Gasteiger partial charge in [0.05, 0.1) is 0 Å². The van der Waals surface area contributed by atoms with Gasteiger partial charge in [-0.25, -0.2) is 0 Å². The first-order valence-electron chi connectivity index (χ1n) is 6.96. The van der Waals surface area contributed by atoms with Crippen molar-refractivity contribution in [3.8, 4) is 0 Å². The van der Waals surface area contributed by atoms with Crippen molar-refractivity contribution in [2.24, 2.45) is 5.92 Å². The van der Waals surface area contributed by atoms with Crippen LogP contribution in [0.15, 0.2) is 0 Å². The lowest BCUT2D eigenvalue weighted by Crippen LogP contribution is -2.46. The van der Waals surface area contributed by atoms with E-state index in [1.54, 1.807) is 0 Å². The number of hydrogen-bond acceptors (Lipinski definition) is 3. The fourth-order valence-electron chi connectivity index (χ4n) is 3.56. The molecule has 4 nitrogen and oxygen atoms in total. The molecule has 2 heterocycles. The van der Waals surface area contributed by atoms with E-state index in [0.29, 0.717) is 12.0 Å². The fourth-order valence-corrected chi connectivity index (χ4v) is 3.56. The fraction of sp³-hybridized carbons (Fsp3) is 0.923. The Morgan fingerprint density at radius 1 is 1.12 bits per heavy atom. The molecular formula is C13H22N2O2. The first-order chi connectivity index (χ1) is 8.25. The monoisotopic (exact) mass is 238 g/mol. The summed E-state index contributed by atoms with van der Waals surface area (Å²) in [6.07, 6.45) is 5.91. The molecule has 0 aromatic rings. The lowest BCUT2D eigenvalue weighted by Gasteiger charge is -2.30. The number of carbonyl (C=O) groups is 1. The van der Waals surface area contributed by atoms with Gasteiger partial charge in [-0.1, -0.05) is 0 Å². The standard InChI is InChI=1S/C13H22N2O2/c16-13(17)12(10-4-5-10)15-8-2-7-14-6-1-3-11(14)9-15/h10-12H,1-9H2,(H,16,17). The molecule has 1 saturated carbocycles. The zero-order valence-electron chi connectivity index (χ0n) is 10.3. The van der Waals surface area contributed by atoms with E-state index in [2.05, 4.69) is 9.80 Å². The van der Waals surface area contributed by atoms with Crippen LogP contribution in [0.3, 0.4) is 0 Å². The zero-order valence-corrected chi connectivity index (χ0v) is 10.3. The maximum Gasteiger partial charge on any atom is 0.321 e. The Labute approximate surface area is 103 Å². The number of fused-ring (bicyclic) bond motifs is 1. The van der Waals surface area contributed by atoms with E-state index in [4.69, 9.17) is 0 Å². The van der Waals surface area contributed by atoms with Crippen LogP contribution in [0.5, 0.6) is 0 Å². The molecule has 3 fully saturated rings. The first kappa shape index (κ1) is 11.5. The van der Waals surface area contributed by atoms with Gasteiger partial charge in [0.25, 0.3) is 0 Å². The minimum atomic E-state index is -0.598. The number of rotatable bonds is 3. The molecule has 0 aromatic carbocycles. The van der Waals surface area contributed by atoms with Crippen LogP contribution in [0.4, 0.5) is 0 Å². The third kappa shape index (κ3) is 2.33. The Balaban J connectivity index is 1.70. The molecule has 4 heteroatoms. The molecule has 0 spiro atoms.